The van der Waals surface area contributed by atoms with E-state index in [0.29, 0.717) is 30.4 Å². The average Bonchev–Trinajstić information content (AvgIpc) is 3.32. The largest absolute Gasteiger partial charge is 0.494 e. The number of rotatable bonds is 6. The van der Waals surface area contributed by atoms with E-state index in [9.17, 15) is 4.79 Å². The molecular weight excluding hydrogens is 319 g/mol. The number of ether oxygens (including phenoxy) is 2. The smallest absolute Gasteiger partial charge is 0.493 e. The van der Waals surface area contributed by atoms with Gasteiger partial charge in [0.2, 0.25) is 0 Å². The fraction of sp³-hybridized carbons (Fsp3) is 0.632. The Labute approximate surface area is 150 Å². The average molecular weight is 346 g/mol. The van der Waals surface area contributed by atoms with Gasteiger partial charge in [-0.05, 0) is 77.0 Å². The summed E-state index contributed by atoms with van der Waals surface area (Å²) in [7, 11) is -0.539. The van der Waals surface area contributed by atoms with Crippen LogP contribution in [-0.4, -0.2) is 37.5 Å². The molecule has 2 fully saturated rings. The topological polar surface area (TPSA) is 54.0 Å². The summed E-state index contributed by atoms with van der Waals surface area (Å²) < 4.78 is 23.2. The summed E-state index contributed by atoms with van der Waals surface area (Å²) in [5.74, 6) is 0.922. The van der Waals surface area contributed by atoms with Crippen molar-refractivity contribution in [1.29, 1.82) is 0 Å². The predicted octanol–water partition coefficient (Wildman–Crippen LogP) is 2.95. The molecule has 1 heterocycles. The van der Waals surface area contributed by atoms with Gasteiger partial charge in [0.15, 0.2) is 0 Å². The first kappa shape index (κ1) is 18.3. The van der Waals surface area contributed by atoms with Crippen LogP contribution in [0.5, 0.6) is 5.75 Å². The monoisotopic (exact) mass is 346 g/mol. The van der Waals surface area contributed by atoms with Crippen LogP contribution in [0.3, 0.4) is 0 Å². The van der Waals surface area contributed by atoms with Gasteiger partial charge in [0.1, 0.15) is 5.75 Å². The fourth-order valence-electron chi connectivity index (χ4n) is 2.65. The molecule has 0 atom stereocenters. The van der Waals surface area contributed by atoms with Crippen LogP contribution in [0, 0.1) is 5.92 Å². The SMILES string of the molecule is CCOC(=O)c1cc(OCC2CC2)cc(B2OC(C)(C)C(C)(C)O2)c1. The zero-order valence-electron chi connectivity index (χ0n) is 15.8. The molecular formula is C19H27BO5. The summed E-state index contributed by atoms with van der Waals surface area (Å²) in [6.07, 6.45) is 2.42. The number of esters is 1. The predicted molar refractivity (Wildman–Crippen MR) is 96.3 cm³/mol. The molecule has 1 saturated heterocycles. The molecule has 3 rings (SSSR count). The van der Waals surface area contributed by atoms with E-state index in [4.69, 9.17) is 18.8 Å². The zero-order valence-corrected chi connectivity index (χ0v) is 15.8. The third-order valence-corrected chi connectivity index (χ3v) is 5.15. The van der Waals surface area contributed by atoms with Crippen LogP contribution < -0.4 is 10.2 Å². The summed E-state index contributed by atoms with van der Waals surface area (Å²) in [6.45, 7) is 10.8. The Kier molecular flexibility index (Phi) is 4.86. The van der Waals surface area contributed by atoms with Gasteiger partial charge < -0.3 is 18.8 Å². The van der Waals surface area contributed by atoms with E-state index in [1.807, 2.05) is 33.8 Å². The van der Waals surface area contributed by atoms with E-state index in [0.717, 1.165) is 5.46 Å². The molecule has 25 heavy (non-hydrogen) atoms. The normalized spacial score (nSPS) is 21.2. The maximum Gasteiger partial charge on any atom is 0.494 e. The molecule has 0 N–H and O–H groups in total. The second-order valence-electron chi connectivity index (χ2n) is 7.85. The maximum absolute atomic E-state index is 12.2. The standard InChI is InChI=1S/C19H27BO5/c1-6-22-17(21)14-9-15(11-16(10-14)23-12-13-7-8-13)20-24-18(2,3)19(4,5)25-20/h9-11,13H,6-8,12H2,1-5H3. The molecule has 1 saturated carbocycles. The Balaban J connectivity index is 1.87. The lowest BCUT2D eigenvalue weighted by Gasteiger charge is -2.32. The van der Waals surface area contributed by atoms with E-state index >= 15 is 0 Å². The molecule has 1 aromatic rings. The van der Waals surface area contributed by atoms with Crippen molar-refractivity contribution in [1.82, 2.24) is 0 Å². The van der Waals surface area contributed by atoms with Crippen LogP contribution in [0.2, 0.25) is 0 Å². The molecule has 1 aliphatic heterocycles. The minimum atomic E-state index is -0.539. The van der Waals surface area contributed by atoms with Crippen LogP contribution in [0.15, 0.2) is 18.2 Å². The van der Waals surface area contributed by atoms with Crippen molar-refractivity contribution in [2.45, 2.75) is 58.7 Å². The highest BCUT2D eigenvalue weighted by atomic mass is 16.7. The highest BCUT2D eigenvalue weighted by Gasteiger charge is 2.51. The molecule has 1 aliphatic carbocycles. The molecule has 0 amide bonds. The molecule has 1 aromatic carbocycles. The Bertz CT molecular complexity index is 635. The molecule has 2 aliphatic rings. The van der Waals surface area contributed by atoms with E-state index in [1.165, 1.54) is 12.8 Å². The number of benzene rings is 1. The number of hydrogen-bond donors (Lipinski definition) is 0. The van der Waals surface area contributed by atoms with Gasteiger partial charge in [0.05, 0.1) is 30.0 Å². The van der Waals surface area contributed by atoms with Gasteiger partial charge in [-0.15, -0.1) is 0 Å². The highest BCUT2D eigenvalue weighted by Crippen LogP contribution is 2.37. The van der Waals surface area contributed by atoms with Crippen molar-refractivity contribution in [3.05, 3.63) is 23.8 Å². The van der Waals surface area contributed by atoms with Crippen molar-refractivity contribution in [2.24, 2.45) is 5.92 Å². The maximum atomic E-state index is 12.2. The molecule has 0 aromatic heterocycles. The van der Waals surface area contributed by atoms with Crippen LogP contribution >= 0.6 is 0 Å². The Hall–Kier alpha value is -1.53. The van der Waals surface area contributed by atoms with E-state index < -0.39 is 18.3 Å². The molecule has 0 unspecified atom stereocenters. The van der Waals surface area contributed by atoms with Gasteiger partial charge in [-0.25, -0.2) is 4.79 Å². The van der Waals surface area contributed by atoms with Crippen molar-refractivity contribution in [2.75, 3.05) is 13.2 Å². The fourth-order valence-corrected chi connectivity index (χ4v) is 2.65. The van der Waals surface area contributed by atoms with Gasteiger partial charge in [-0.2, -0.15) is 0 Å². The lowest BCUT2D eigenvalue weighted by Crippen LogP contribution is -2.41. The Morgan fingerprint density at radius 1 is 1.16 bits per heavy atom. The molecule has 6 heteroatoms. The molecule has 136 valence electrons. The molecule has 0 spiro atoms. The zero-order chi connectivity index (χ0) is 18.2. The molecule has 0 bridgehead atoms. The second kappa shape index (κ2) is 6.65. The van der Waals surface area contributed by atoms with Gasteiger partial charge in [-0.3, -0.25) is 0 Å². The highest BCUT2D eigenvalue weighted by molar-refractivity contribution is 6.62. The Morgan fingerprint density at radius 2 is 1.80 bits per heavy atom. The van der Waals surface area contributed by atoms with Crippen molar-refractivity contribution in [3.63, 3.8) is 0 Å². The summed E-state index contributed by atoms with van der Waals surface area (Å²) in [5, 5.41) is 0. The third-order valence-electron chi connectivity index (χ3n) is 5.15. The minimum Gasteiger partial charge on any atom is -0.493 e. The summed E-state index contributed by atoms with van der Waals surface area (Å²) in [4.78, 5) is 12.2. The van der Waals surface area contributed by atoms with Crippen LogP contribution in [0.4, 0.5) is 0 Å². The lowest BCUT2D eigenvalue weighted by atomic mass is 9.78. The van der Waals surface area contributed by atoms with Gasteiger partial charge in [0, 0.05) is 0 Å². The lowest BCUT2D eigenvalue weighted by molar-refractivity contribution is 0.00578. The Morgan fingerprint density at radius 3 is 2.36 bits per heavy atom. The summed E-state index contributed by atoms with van der Waals surface area (Å²) in [5.41, 5.74) is 0.356. The van der Waals surface area contributed by atoms with Crippen molar-refractivity contribution >= 4 is 18.6 Å². The number of carbonyl (C=O) groups excluding carboxylic acids is 1. The van der Waals surface area contributed by atoms with E-state index in [-0.39, 0.29) is 5.97 Å². The van der Waals surface area contributed by atoms with Crippen molar-refractivity contribution in [3.8, 4) is 5.75 Å². The minimum absolute atomic E-state index is 0.331. The van der Waals surface area contributed by atoms with Crippen LogP contribution in [0.1, 0.15) is 57.8 Å². The van der Waals surface area contributed by atoms with Gasteiger partial charge in [-0.1, -0.05) is 0 Å². The first-order valence-corrected chi connectivity index (χ1v) is 9.02. The van der Waals surface area contributed by atoms with E-state index in [1.54, 1.807) is 19.1 Å². The van der Waals surface area contributed by atoms with Gasteiger partial charge in [0.25, 0.3) is 0 Å². The van der Waals surface area contributed by atoms with Gasteiger partial charge >= 0.3 is 13.1 Å². The third kappa shape index (κ3) is 4.01. The van der Waals surface area contributed by atoms with Crippen LogP contribution in [0.25, 0.3) is 0 Å². The summed E-state index contributed by atoms with van der Waals surface area (Å²) >= 11 is 0. The molecule has 0 radical (unpaired) electrons. The van der Waals surface area contributed by atoms with Crippen LogP contribution in [-0.2, 0) is 14.0 Å². The second-order valence-corrected chi connectivity index (χ2v) is 7.85. The molecule has 5 nitrogen and oxygen atoms in total. The van der Waals surface area contributed by atoms with Crippen molar-refractivity contribution < 1.29 is 23.6 Å². The quantitative estimate of drug-likeness (QED) is 0.586. The first-order valence-electron chi connectivity index (χ1n) is 9.02. The summed E-state index contributed by atoms with van der Waals surface area (Å²) in [6, 6.07) is 5.40. The number of carbonyl (C=O) groups is 1. The van der Waals surface area contributed by atoms with E-state index in [2.05, 4.69) is 0 Å². The first-order chi connectivity index (χ1) is 11.7. The number of hydrogen-bond acceptors (Lipinski definition) is 5.